The van der Waals surface area contributed by atoms with Gasteiger partial charge in [0.15, 0.2) is 0 Å². The SMILES string of the molecule is CC(C)NCc1cc2ccc(B3OC(C)(C)C(C)(C)O3)cc2[nH]1. The molecular formula is C18H27BN2O2. The quantitative estimate of drug-likeness (QED) is 0.853. The minimum atomic E-state index is -0.315. The standard InChI is InChI=1S/C18H27BN2O2/c1-12(2)20-11-15-9-13-7-8-14(10-16(13)21-15)19-22-17(3,4)18(5,6)23-19/h7-10,12,20-21H,11H2,1-6H3. The Hall–Kier alpha value is -1.30. The first-order chi connectivity index (χ1) is 10.7. The van der Waals surface area contributed by atoms with Gasteiger partial charge in [-0.15, -0.1) is 0 Å². The molecule has 1 aromatic carbocycles. The first-order valence-corrected chi connectivity index (χ1v) is 8.38. The van der Waals surface area contributed by atoms with E-state index in [0.717, 1.165) is 17.5 Å². The van der Waals surface area contributed by atoms with E-state index in [9.17, 15) is 0 Å². The summed E-state index contributed by atoms with van der Waals surface area (Å²) in [6.45, 7) is 13.5. The van der Waals surface area contributed by atoms with Crippen molar-refractivity contribution in [2.24, 2.45) is 0 Å². The Bertz CT molecular complexity index is 690. The summed E-state index contributed by atoms with van der Waals surface area (Å²) in [5.74, 6) is 0. The molecule has 0 amide bonds. The summed E-state index contributed by atoms with van der Waals surface area (Å²) in [6.07, 6.45) is 0. The fraction of sp³-hybridized carbons (Fsp3) is 0.556. The average molecular weight is 314 g/mol. The number of hydrogen-bond donors (Lipinski definition) is 2. The molecule has 124 valence electrons. The predicted molar refractivity (Wildman–Crippen MR) is 96.0 cm³/mol. The maximum Gasteiger partial charge on any atom is 0.494 e. The van der Waals surface area contributed by atoms with Gasteiger partial charge < -0.3 is 19.6 Å². The number of aromatic amines is 1. The van der Waals surface area contributed by atoms with E-state index in [0.29, 0.717) is 6.04 Å². The van der Waals surface area contributed by atoms with E-state index in [1.165, 1.54) is 11.1 Å². The average Bonchev–Trinajstić information content (AvgIpc) is 2.94. The minimum absolute atomic E-state index is 0.311. The van der Waals surface area contributed by atoms with Crippen molar-refractivity contribution in [3.05, 3.63) is 30.0 Å². The van der Waals surface area contributed by atoms with Crippen LogP contribution in [0.3, 0.4) is 0 Å². The van der Waals surface area contributed by atoms with Crippen molar-refractivity contribution in [2.45, 2.75) is 65.3 Å². The van der Waals surface area contributed by atoms with Crippen LogP contribution in [0.2, 0.25) is 0 Å². The van der Waals surface area contributed by atoms with Crippen LogP contribution in [0.5, 0.6) is 0 Å². The minimum Gasteiger partial charge on any atom is -0.399 e. The Morgan fingerprint density at radius 1 is 1.09 bits per heavy atom. The van der Waals surface area contributed by atoms with Crippen molar-refractivity contribution in [2.75, 3.05) is 0 Å². The first kappa shape index (κ1) is 16.6. The molecule has 1 aromatic heterocycles. The van der Waals surface area contributed by atoms with E-state index in [1.54, 1.807) is 0 Å². The molecule has 0 aliphatic carbocycles. The van der Waals surface area contributed by atoms with Crippen LogP contribution in [-0.2, 0) is 15.9 Å². The number of fused-ring (bicyclic) bond motifs is 1. The second-order valence-electron chi connectivity index (χ2n) is 7.77. The molecule has 23 heavy (non-hydrogen) atoms. The lowest BCUT2D eigenvalue weighted by atomic mass is 9.79. The molecule has 4 nitrogen and oxygen atoms in total. The summed E-state index contributed by atoms with van der Waals surface area (Å²) in [5, 5.41) is 4.65. The molecule has 5 heteroatoms. The number of nitrogens with one attached hydrogen (secondary N) is 2. The second kappa shape index (κ2) is 5.65. The van der Waals surface area contributed by atoms with Gasteiger partial charge >= 0.3 is 7.12 Å². The lowest BCUT2D eigenvalue weighted by Gasteiger charge is -2.32. The zero-order chi connectivity index (χ0) is 16.8. The van der Waals surface area contributed by atoms with E-state index in [2.05, 4.69) is 76.1 Å². The van der Waals surface area contributed by atoms with Crippen molar-refractivity contribution in [3.8, 4) is 0 Å². The molecule has 2 N–H and O–H groups in total. The molecular weight excluding hydrogens is 287 g/mol. The van der Waals surface area contributed by atoms with Crippen molar-refractivity contribution in [1.82, 2.24) is 10.3 Å². The van der Waals surface area contributed by atoms with Crippen LogP contribution in [0, 0.1) is 0 Å². The number of rotatable bonds is 4. The monoisotopic (exact) mass is 314 g/mol. The highest BCUT2D eigenvalue weighted by Crippen LogP contribution is 2.36. The summed E-state index contributed by atoms with van der Waals surface area (Å²) < 4.78 is 12.3. The fourth-order valence-electron chi connectivity index (χ4n) is 2.74. The number of hydrogen-bond acceptors (Lipinski definition) is 3. The lowest BCUT2D eigenvalue weighted by molar-refractivity contribution is 0.00578. The largest absolute Gasteiger partial charge is 0.494 e. The molecule has 0 saturated carbocycles. The van der Waals surface area contributed by atoms with Gasteiger partial charge in [-0.25, -0.2) is 0 Å². The molecule has 0 radical (unpaired) electrons. The fourth-order valence-corrected chi connectivity index (χ4v) is 2.74. The Balaban J connectivity index is 1.83. The Kier molecular flexibility index (Phi) is 4.07. The van der Waals surface area contributed by atoms with Crippen molar-refractivity contribution < 1.29 is 9.31 Å². The third-order valence-corrected chi connectivity index (χ3v) is 4.93. The zero-order valence-electron chi connectivity index (χ0n) is 15.0. The lowest BCUT2D eigenvalue weighted by Crippen LogP contribution is -2.41. The van der Waals surface area contributed by atoms with E-state index in [1.807, 2.05) is 0 Å². The number of H-pyrrole nitrogens is 1. The third-order valence-electron chi connectivity index (χ3n) is 4.93. The number of benzene rings is 1. The summed E-state index contributed by atoms with van der Waals surface area (Å²) in [5.41, 5.74) is 2.75. The van der Waals surface area contributed by atoms with Gasteiger partial charge in [0.2, 0.25) is 0 Å². The van der Waals surface area contributed by atoms with E-state index in [4.69, 9.17) is 9.31 Å². The van der Waals surface area contributed by atoms with Crippen molar-refractivity contribution in [1.29, 1.82) is 0 Å². The second-order valence-corrected chi connectivity index (χ2v) is 7.77. The van der Waals surface area contributed by atoms with Gasteiger partial charge in [-0.05, 0) is 50.7 Å². The topological polar surface area (TPSA) is 46.3 Å². The van der Waals surface area contributed by atoms with Crippen LogP contribution in [0.15, 0.2) is 24.3 Å². The predicted octanol–water partition coefficient (Wildman–Crippen LogP) is 2.97. The van der Waals surface area contributed by atoms with Gasteiger partial charge in [0.05, 0.1) is 11.2 Å². The number of aromatic nitrogens is 1. The van der Waals surface area contributed by atoms with Gasteiger partial charge in [-0.2, -0.15) is 0 Å². The van der Waals surface area contributed by atoms with Gasteiger partial charge in [0.1, 0.15) is 0 Å². The highest BCUT2D eigenvalue weighted by molar-refractivity contribution is 6.62. The van der Waals surface area contributed by atoms with Gasteiger partial charge in [0, 0.05) is 23.8 Å². The maximum absolute atomic E-state index is 6.14. The van der Waals surface area contributed by atoms with Crippen LogP contribution in [0.25, 0.3) is 10.9 Å². The molecule has 3 rings (SSSR count). The van der Waals surface area contributed by atoms with Crippen LogP contribution >= 0.6 is 0 Å². The van der Waals surface area contributed by atoms with Crippen LogP contribution in [0.1, 0.15) is 47.2 Å². The summed E-state index contributed by atoms with van der Waals surface area (Å²) in [7, 11) is -0.315. The Morgan fingerprint density at radius 3 is 2.35 bits per heavy atom. The van der Waals surface area contributed by atoms with Gasteiger partial charge in [-0.3, -0.25) is 0 Å². The van der Waals surface area contributed by atoms with Gasteiger partial charge in [-0.1, -0.05) is 26.0 Å². The highest BCUT2D eigenvalue weighted by Gasteiger charge is 2.51. The van der Waals surface area contributed by atoms with E-state index in [-0.39, 0.29) is 18.3 Å². The van der Waals surface area contributed by atoms with Gasteiger partial charge in [0.25, 0.3) is 0 Å². The molecule has 0 unspecified atom stereocenters. The van der Waals surface area contributed by atoms with E-state index < -0.39 is 0 Å². The molecule has 1 aliphatic heterocycles. The molecule has 1 fully saturated rings. The van der Waals surface area contributed by atoms with E-state index >= 15 is 0 Å². The molecule has 2 aromatic rings. The first-order valence-electron chi connectivity index (χ1n) is 8.38. The Morgan fingerprint density at radius 2 is 1.74 bits per heavy atom. The summed E-state index contributed by atoms with van der Waals surface area (Å²) in [6, 6.07) is 9.03. The van der Waals surface area contributed by atoms with Crippen LogP contribution in [-0.4, -0.2) is 29.3 Å². The zero-order valence-corrected chi connectivity index (χ0v) is 15.0. The molecule has 0 atom stereocenters. The van der Waals surface area contributed by atoms with Crippen molar-refractivity contribution >= 4 is 23.5 Å². The van der Waals surface area contributed by atoms with Crippen molar-refractivity contribution in [3.63, 3.8) is 0 Å². The molecule has 1 aliphatic rings. The normalized spacial score (nSPS) is 19.9. The summed E-state index contributed by atoms with van der Waals surface area (Å²) in [4.78, 5) is 3.48. The highest BCUT2D eigenvalue weighted by atomic mass is 16.7. The maximum atomic E-state index is 6.14. The Labute approximate surface area is 139 Å². The molecule has 1 saturated heterocycles. The van der Waals surface area contributed by atoms with Crippen LogP contribution in [0.4, 0.5) is 0 Å². The molecule has 0 bridgehead atoms. The molecule has 2 heterocycles. The molecule has 0 spiro atoms. The smallest absolute Gasteiger partial charge is 0.399 e. The summed E-state index contributed by atoms with van der Waals surface area (Å²) >= 11 is 0. The van der Waals surface area contributed by atoms with Crippen LogP contribution < -0.4 is 10.8 Å². The third kappa shape index (κ3) is 3.18.